The van der Waals surface area contributed by atoms with Gasteiger partial charge in [-0.1, -0.05) is 126 Å². The average molecular weight is 1310 g/mol. The molecule has 0 aromatic carbocycles. The van der Waals surface area contributed by atoms with Crippen molar-refractivity contribution in [3.8, 4) is 0 Å². The predicted molar refractivity (Wildman–Crippen MR) is 350 cm³/mol. The maximum atomic E-state index is 5.08. The minimum Gasteiger partial charge on any atom is -0.445 e. The maximum absolute atomic E-state index is 5.08. The molecule has 0 atom stereocenters. The van der Waals surface area contributed by atoms with Gasteiger partial charge in [0.1, 0.15) is 11.0 Å². The van der Waals surface area contributed by atoms with Gasteiger partial charge in [-0.25, -0.2) is 44.9 Å². The van der Waals surface area contributed by atoms with E-state index in [9.17, 15) is 0 Å². The van der Waals surface area contributed by atoms with Crippen LogP contribution in [0.3, 0.4) is 0 Å². The number of oxazole rings is 2. The molecule has 16 aromatic heterocycles. The van der Waals surface area contributed by atoms with Gasteiger partial charge in [-0.15, -0.1) is 25.5 Å². The van der Waals surface area contributed by atoms with Gasteiger partial charge < -0.3 is 35.8 Å². The van der Waals surface area contributed by atoms with Crippen LogP contribution < -0.4 is 0 Å². The zero-order valence-electron chi connectivity index (χ0n) is 55.9. The summed E-state index contributed by atoms with van der Waals surface area (Å²) in [7, 11) is 0. The van der Waals surface area contributed by atoms with E-state index in [1.54, 1.807) is 49.7 Å². The van der Waals surface area contributed by atoms with Gasteiger partial charge in [-0.05, 0) is 77.7 Å². The Balaban J connectivity index is 0.000000129. The summed E-state index contributed by atoms with van der Waals surface area (Å²) < 4.78 is 39.2. The molecule has 0 aliphatic rings. The van der Waals surface area contributed by atoms with E-state index in [1.807, 2.05) is 64.1 Å². The predicted octanol–water partition coefficient (Wildman–Crippen LogP) is 13.9. The average Bonchev–Trinajstić information content (AvgIpc) is 2.02. The minimum atomic E-state index is 0.346. The summed E-state index contributed by atoms with van der Waals surface area (Å²) >= 11 is 0. The Labute approximate surface area is 547 Å². The van der Waals surface area contributed by atoms with Crippen molar-refractivity contribution in [1.82, 2.24) is 122 Å². The molecule has 32 heteroatoms. The lowest BCUT2D eigenvalue weighted by Gasteiger charge is -2.01. The lowest BCUT2D eigenvalue weighted by atomic mass is 10.1. The second kappa shape index (κ2) is 32.3. The molecule has 0 saturated carbocycles. The standard InChI is InChI=1S/2C9H10N2O.4C8H9N3O.2C7H8N4O/c1-6(2)8-5-10-9-7(11-8)3-4-12-9;1-6(2)8-5-7-3-4-12-9(7)11-10-8;1-5(2)6-3-9-8-7(11-6)10-4-12-8;1-5(2)6-3-9-8-7(11-6)4-10-12-8;1-5(2)6-3-7-8(11-10-6)12-4-9-7;1-5(2)7-3-6-4-9-12-8(6)11-10-7;1-4(2)5-3-8-7-6(9-5)10-11-12-7;1-4(2)5-3-6-7(10-8-5)12-11-9-6/h2*3-6H,1-2H3;4*3-5H,1-2H3;2*3-4H,1-2H3. The number of hydrogen-bond donors (Lipinski definition) is 0. The van der Waals surface area contributed by atoms with Crippen LogP contribution in [0.2, 0.25) is 0 Å². The summed E-state index contributed by atoms with van der Waals surface area (Å²) in [5.41, 5.74) is 15.7. The van der Waals surface area contributed by atoms with E-state index < -0.39 is 0 Å². The molecule has 0 bridgehead atoms. The zero-order valence-corrected chi connectivity index (χ0v) is 55.9. The summed E-state index contributed by atoms with van der Waals surface area (Å²) in [4.78, 5) is 41.4. The van der Waals surface area contributed by atoms with Gasteiger partial charge in [0.15, 0.2) is 23.8 Å². The smallest absolute Gasteiger partial charge is 0.297 e. The lowest BCUT2D eigenvalue weighted by Crippen LogP contribution is -1.94. The van der Waals surface area contributed by atoms with E-state index >= 15 is 0 Å². The summed E-state index contributed by atoms with van der Waals surface area (Å²) in [6.45, 7) is 33.1. The highest BCUT2D eigenvalue weighted by molar-refractivity contribution is 5.73. The molecule has 0 aliphatic heterocycles. The summed E-state index contributed by atoms with van der Waals surface area (Å²) in [5, 5.41) is 54.8. The minimum absolute atomic E-state index is 0.346. The van der Waals surface area contributed by atoms with E-state index in [4.69, 9.17) is 35.8 Å². The Hall–Kier alpha value is -11.6. The molecule has 0 N–H and O–H groups in total. The third-order valence-electron chi connectivity index (χ3n) is 13.6. The topological polar surface area (TPSA) is 414 Å². The fourth-order valence-electron chi connectivity index (χ4n) is 7.80. The number of nitrogens with zero attached hydrogens (tertiary/aromatic N) is 24. The molecule has 96 heavy (non-hydrogen) atoms. The van der Waals surface area contributed by atoms with Gasteiger partial charge in [-0.3, -0.25) is 0 Å². The van der Waals surface area contributed by atoms with Crippen molar-refractivity contribution >= 4 is 89.8 Å². The molecule has 0 unspecified atom stereocenters. The monoisotopic (exact) mass is 1300 g/mol. The molecule has 16 rings (SSSR count). The van der Waals surface area contributed by atoms with Crippen molar-refractivity contribution in [2.75, 3.05) is 0 Å². The van der Waals surface area contributed by atoms with Crippen molar-refractivity contribution in [2.24, 2.45) is 0 Å². The maximum Gasteiger partial charge on any atom is 0.297 e. The highest BCUT2D eigenvalue weighted by Gasteiger charge is 2.13. The Bertz CT molecular complexity index is 4090. The first-order valence-corrected chi connectivity index (χ1v) is 30.8. The Morgan fingerprint density at radius 2 is 0.708 bits per heavy atom. The number of rotatable bonds is 8. The van der Waals surface area contributed by atoms with Gasteiger partial charge >= 0.3 is 0 Å². The van der Waals surface area contributed by atoms with E-state index in [0.717, 1.165) is 72.9 Å². The number of aromatic nitrogens is 24. The van der Waals surface area contributed by atoms with Crippen LogP contribution in [0.4, 0.5) is 0 Å². The van der Waals surface area contributed by atoms with Crippen LogP contribution in [0, 0.1) is 0 Å². The largest absolute Gasteiger partial charge is 0.445 e. The number of fused-ring (bicyclic) bond motifs is 8. The van der Waals surface area contributed by atoms with Gasteiger partial charge in [0.25, 0.3) is 34.3 Å². The van der Waals surface area contributed by atoms with Gasteiger partial charge in [0.2, 0.25) is 22.7 Å². The van der Waals surface area contributed by atoms with Crippen LogP contribution in [-0.4, -0.2) is 122 Å². The Morgan fingerprint density at radius 3 is 1.35 bits per heavy atom. The van der Waals surface area contributed by atoms with Crippen molar-refractivity contribution in [2.45, 2.75) is 158 Å². The molecule has 0 saturated heterocycles. The number of hydrogen-bond acceptors (Lipinski definition) is 32. The first-order chi connectivity index (χ1) is 46.2. The van der Waals surface area contributed by atoms with Gasteiger partial charge in [-0.2, -0.15) is 25.4 Å². The van der Waals surface area contributed by atoms with Crippen molar-refractivity contribution in [3.63, 3.8) is 0 Å². The van der Waals surface area contributed by atoms with Crippen molar-refractivity contribution in [3.05, 3.63) is 144 Å². The van der Waals surface area contributed by atoms with Gasteiger partial charge in [0.05, 0.1) is 101 Å². The SMILES string of the molecule is CC(C)c1cc2ccoc2nn1.CC(C)c1cc2cnoc2nn1.CC(C)c1cc2ncoc2nn1.CC(C)c1cc2nnoc2nn1.CC(C)c1cnc2occc2n1.CC(C)c1cnc2ocnc2n1.CC(C)c1cnc2oncc2n1.CC(C)c1cnc2onnc2n1. The van der Waals surface area contributed by atoms with Crippen LogP contribution in [0.1, 0.15) is 204 Å². The molecule has 0 radical (unpaired) electrons. The van der Waals surface area contributed by atoms with Crippen molar-refractivity contribution in [1.29, 1.82) is 0 Å². The Morgan fingerprint density at radius 1 is 0.260 bits per heavy atom. The molecule has 0 amide bonds. The molecule has 16 aromatic rings. The highest BCUT2D eigenvalue weighted by Crippen LogP contribution is 2.22. The summed E-state index contributed by atoms with van der Waals surface area (Å²) in [5.74, 6) is 3.04. The molecule has 16 heterocycles. The first kappa shape index (κ1) is 68.8. The third kappa shape index (κ3) is 18.4. The second-order valence-electron chi connectivity index (χ2n) is 23.8. The fourth-order valence-corrected chi connectivity index (χ4v) is 7.80. The van der Waals surface area contributed by atoms with Crippen molar-refractivity contribution < 1.29 is 35.8 Å². The van der Waals surface area contributed by atoms with Crippen LogP contribution in [-0.2, 0) is 0 Å². The highest BCUT2D eigenvalue weighted by atomic mass is 16.5. The molecule has 0 spiro atoms. The number of furan rings is 2. The van der Waals surface area contributed by atoms with Crippen LogP contribution in [0.15, 0.2) is 135 Å². The van der Waals surface area contributed by atoms with Crippen LogP contribution in [0.25, 0.3) is 89.8 Å². The first-order valence-electron chi connectivity index (χ1n) is 30.8. The molecular weight excluding hydrogens is 1230 g/mol. The van der Waals surface area contributed by atoms with Gasteiger partial charge in [0, 0.05) is 22.0 Å². The molecule has 0 aliphatic carbocycles. The zero-order chi connectivity index (χ0) is 68.4. The lowest BCUT2D eigenvalue weighted by molar-refractivity contribution is 0.415. The molecular formula is C64H72N24O8. The van der Waals surface area contributed by atoms with Crippen LogP contribution in [0.5, 0.6) is 0 Å². The Kier molecular flexibility index (Phi) is 23.1. The van der Waals surface area contributed by atoms with E-state index in [1.165, 1.54) is 12.8 Å². The third-order valence-corrected chi connectivity index (χ3v) is 13.6. The molecule has 496 valence electrons. The van der Waals surface area contributed by atoms with Crippen LogP contribution >= 0.6 is 0 Å². The van der Waals surface area contributed by atoms with E-state index in [0.29, 0.717) is 110 Å². The second-order valence-corrected chi connectivity index (χ2v) is 23.8. The quantitative estimate of drug-likeness (QED) is 0.136. The van der Waals surface area contributed by atoms with E-state index in [2.05, 4.69) is 205 Å². The molecule has 0 fully saturated rings. The summed E-state index contributed by atoms with van der Waals surface area (Å²) in [6, 6.07) is 11.4. The van der Waals surface area contributed by atoms with E-state index in [-0.39, 0.29) is 0 Å². The summed E-state index contributed by atoms with van der Waals surface area (Å²) in [6.07, 6.45) is 16.1. The normalized spacial score (nSPS) is 11.2. The fraction of sp³-hybridized carbons (Fsp3) is 0.375. The molecule has 32 nitrogen and oxygen atoms in total.